The summed E-state index contributed by atoms with van der Waals surface area (Å²) in [5, 5.41) is 8.13. The van der Waals surface area contributed by atoms with Gasteiger partial charge in [0.1, 0.15) is 0 Å². The summed E-state index contributed by atoms with van der Waals surface area (Å²) in [5.41, 5.74) is 7.39. The molecule has 19 heavy (non-hydrogen) atoms. The zero-order valence-electron chi connectivity index (χ0n) is 10.1. The molecule has 0 aliphatic rings. The minimum absolute atomic E-state index is 0.0176. The summed E-state index contributed by atoms with van der Waals surface area (Å²) < 4.78 is 22.6. The highest BCUT2D eigenvalue weighted by Gasteiger charge is 2.09. The number of rotatable bonds is 4. The van der Waals surface area contributed by atoms with Crippen LogP contribution in [0.1, 0.15) is 5.69 Å². The maximum Gasteiger partial charge on any atom is 0.238 e. The fourth-order valence-electron chi connectivity index (χ4n) is 1.58. The average molecular weight is 278 g/mol. The molecule has 6 nitrogen and oxygen atoms in total. The van der Waals surface area contributed by atoms with Crippen molar-refractivity contribution in [1.82, 2.24) is 4.98 Å². The molecule has 0 fully saturated rings. The van der Waals surface area contributed by atoms with Gasteiger partial charge in [-0.15, -0.1) is 0 Å². The molecule has 2 aromatic rings. The standard InChI is InChI=1S/C12H14N4O2S/c13-9-5-11(7-12(6-9)19(14,17)18)16-8-10-3-1-2-4-15-10/h1-7,16H,8,13H2,(H2,14,17,18). The number of nitrogens with one attached hydrogen (secondary N) is 1. The molecular weight excluding hydrogens is 264 g/mol. The van der Waals surface area contributed by atoms with E-state index in [0.717, 1.165) is 5.69 Å². The third kappa shape index (κ3) is 3.67. The van der Waals surface area contributed by atoms with Gasteiger partial charge in [0, 0.05) is 17.6 Å². The van der Waals surface area contributed by atoms with E-state index in [0.29, 0.717) is 17.9 Å². The molecule has 0 saturated heterocycles. The van der Waals surface area contributed by atoms with Gasteiger partial charge in [0.15, 0.2) is 0 Å². The number of anilines is 2. The van der Waals surface area contributed by atoms with Crippen LogP contribution >= 0.6 is 0 Å². The molecule has 0 amide bonds. The van der Waals surface area contributed by atoms with E-state index in [4.69, 9.17) is 10.9 Å². The van der Waals surface area contributed by atoms with E-state index < -0.39 is 10.0 Å². The lowest BCUT2D eigenvalue weighted by atomic mass is 10.2. The number of pyridine rings is 1. The predicted molar refractivity (Wildman–Crippen MR) is 73.8 cm³/mol. The number of benzene rings is 1. The van der Waals surface area contributed by atoms with Crippen LogP contribution in [0.2, 0.25) is 0 Å². The summed E-state index contributed by atoms with van der Waals surface area (Å²) in [6.07, 6.45) is 1.69. The molecule has 0 radical (unpaired) electrons. The van der Waals surface area contributed by atoms with Gasteiger partial charge >= 0.3 is 0 Å². The van der Waals surface area contributed by atoms with Crippen molar-refractivity contribution in [2.45, 2.75) is 11.4 Å². The van der Waals surface area contributed by atoms with E-state index in [-0.39, 0.29) is 4.90 Å². The number of sulfonamides is 1. The van der Waals surface area contributed by atoms with E-state index in [1.54, 1.807) is 12.3 Å². The molecule has 0 spiro atoms. The fourth-order valence-corrected chi connectivity index (χ4v) is 2.18. The largest absolute Gasteiger partial charge is 0.399 e. The van der Waals surface area contributed by atoms with E-state index in [1.807, 2.05) is 18.2 Å². The third-order valence-electron chi connectivity index (χ3n) is 2.46. The molecule has 5 N–H and O–H groups in total. The van der Waals surface area contributed by atoms with Crippen molar-refractivity contribution in [3.63, 3.8) is 0 Å². The van der Waals surface area contributed by atoms with Gasteiger partial charge in [0.05, 0.1) is 17.1 Å². The maximum absolute atomic E-state index is 11.3. The number of hydrogen-bond donors (Lipinski definition) is 3. The molecule has 0 aliphatic heterocycles. The second-order valence-corrected chi connectivity index (χ2v) is 5.57. The molecule has 1 aromatic heterocycles. The van der Waals surface area contributed by atoms with Crippen LogP contribution in [0.3, 0.4) is 0 Å². The minimum atomic E-state index is -3.77. The predicted octanol–water partition coefficient (Wildman–Crippen LogP) is 0.923. The van der Waals surface area contributed by atoms with E-state index >= 15 is 0 Å². The Kier molecular flexibility index (Phi) is 3.68. The molecule has 0 saturated carbocycles. The van der Waals surface area contributed by atoms with Crippen molar-refractivity contribution in [3.05, 3.63) is 48.3 Å². The Morgan fingerprint density at radius 3 is 2.63 bits per heavy atom. The summed E-state index contributed by atoms with van der Waals surface area (Å²) in [7, 11) is -3.77. The zero-order valence-corrected chi connectivity index (χ0v) is 10.9. The molecule has 7 heteroatoms. The Bertz CT molecular complexity index is 671. The lowest BCUT2D eigenvalue weighted by Gasteiger charge is -2.08. The van der Waals surface area contributed by atoms with Crippen LogP contribution in [0.15, 0.2) is 47.5 Å². The Balaban J connectivity index is 2.19. The van der Waals surface area contributed by atoms with Crippen LogP contribution in [0.4, 0.5) is 11.4 Å². The van der Waals surface area contributed by atoms with Crippen LogP contribution in [0, 0.1) is 0 Å². The molecular formula is C12H14N4O2S. The van der Waals surface area contributed by atoms with Crippen LogP contribution in [0.5, 0.6) is 0 Å². The van der Waals surface area contributed by atoms with Gasteiger partial charge in [-0.3, -0.25) is 4.98 Å². The highest BCUT2D eigenvalue weighted by Crippen LogP contribution is 2.19. The molecule has 0 unspecified atom stereocenters. The lowest BCUT2D eigenvalue weighted by molar-refractivity contribution is 0.598. The van der Waals surface area contributed by atoms with Crippen LogP contribution in [0.25, 0.3) is 0 Å². The van der Waals surface area contributed by atoms with Crippen molar-refractivity contribution in [2.75, 3.05) is 11.1 Å². The zero-order chi connectivity index (χ0) is 13.9. The van der Waals surface area contributed by atoms with Crippen molar-refractivity contribution in [3.8, 4) is 0 Å². The second kappa shape index (κ2) is 5.25. The van der Waals surface area contributed by atoms with Crippen LogP contribution in [-0.4, -0.2) is 13.4 Å². The van der Waals surface area contributed by atoms with Crippen molar-refractivity contribution >= 4 is 21.4 Å². The smallest absolute Gasteiger partial charge is 0.238 e. The van der Waals surface area contributed by atoms with Gasteiger partial charge in [0.25, 0.3) is 0 Å². The molecule has 0 bridgehead atoms. The van der Waals surface area contributed by atoms with E-state index in [1.165, 1.54) is 12.1 Å². The number of hydrogen-bond acceptors (Lipinski definition) is 5. The van der Waals surface area contributed by atoms with Crippen molar-refractivity contribution in [2.24, 2.45) is 5.14 Å². The highest BCUT2D eigenvalue weighted by molar-refractivity contribution is 7.89. The quantitative estimate of drug-likeness (QED) is 0.720. The summed E-state index contributed by atoms with van der Waals surface area (Å²) in [5.74, 6) is 0. The van der Waals surface area contributed by atoms with Gasteiger partial charge in [-0.2, -0.15) is 0 Å². The van der Waals surface area contributed by atoms with Gasteiger partial charge in [0.2, 0.25) is 10.0 Å². The third-order valence-corrected chi connectivity index (χ3v) is 3.35. The normalized spacial score (nSPS) is 11.2. The van der Waals surface area contributed by atoms with E-state index in [2.05, 4.69) is 10.3 Å². The summed E-state index contributed by atoms with van der Waals surface area (Å²) in [6, 6.07) is 9.95. The number of aromatic nitrogens is 1. The molecule has 1 heterocycles. The van der Waals surface area contributed by atoms with Gasteiger partial charge < -0.3 is 11.1 Å². The number of nitrogens with two attached hydrogens (primary N) is 2. The van der Waals surface area contributed by atoms with Gasteiger partial charge in [-0.1, -0.05) is 6.07 Å². The Morgan fingerprint density at radius 2 is 2.00 bits per heavy atom. The molecule has 100 valence electrons. The molecule has 0 atom stereocenters. The Labute approximate surface area is 111 Å². The maximum atomic E-state index is 11.3. The highest BCUT2D eigenvalue weighted by atomic mass is 32.2. The van der Waals surface area contributed by atoms with Gasteiger partial charge in [-0.25, -0.2) is 13.6 Å². The number of nitrogens with zero attached hydrogens (tertiary/aromatic N) is 1. The molecule has 0 aliphatic carbocycles. The first-order chi connectivity index (χ1) is 8.95. The molecule has 2 rings (SSSR count). The van der Waals surface area contributed by atoms with Gasteiger partial charge in [-0.05, 0) is 30.3 Å². The van der Waals surface area contributed by atoms with Crippen molar-refractivity contribution in [1.29, 1.82) is 0 Å². The second-order valence-electron chi connectivity index (χ2n) is 4.01. The number of primary sulfonamides is 1. The SMILES string of the molecule is Nc1cc(NCc2ccccn2)cc(S(N)(=O)=O)c1. The fraction of sp³-hybridized carbons (Fsp3) is 0.0833. The monoisotopic (exact) mass is 278 g/mol. The topological polar surface area (TPSA) is 111 Å². The summed E-state index contributed by atoms with van der Waals surface area (Å²) >= 11 is 0. The van der Waals surface area contributed by atoms with Crippen LogP contribution < -0.4 is 16.2 Å². The molecule has 1 aromatic carbocycles. The lowest BCUT2D eigenvalue weighted by Crippen LogP contribution is -2.13. The Morgan fingerprint density at radius 1 is 1.21 bits per heavy atom. The first kappa shape index (κ1) is 13.3. The minimum Gasteiger partial charge on any atom is -0.399 e. The summed E-state index contributed by atoms with van der Waals surface area (Å²) in [4.78, 5) is 4.13. The Hall–Kier alpha value is -2.12. The average Bonchev–Trinajstić information content (AvgIpc) is 2.36. The van der Waals surface area contributed by atoms with Crippen LogP contribution in [-0.2, 0) is 16.6 Å². The summed E-state index contributed by atoms with van der Waals surface area (Å²) in [6.45, 7) is 0.467. The van der Waals surface area contributed by atoms with E-state index in [9.17, 15) is 8.42 Å². The number of nitrogen functional groups attached to an aromatic ring is 1. The first-order valence-corrected chi connectivity index (χ1v) is 7.07. The first-order valence-electron chi connectivity index (χ1n) is 5.52. The van der Waals surface area contributed by atoms with Crippen molar-refractivity contribution < 1.29 is 8.42 Å².